The fourth-order valence-electron chi connectivity index (χ4n) is 1.84. The smallest absolute Gasteiger partial charge is 0.360 e. The number of amides is 1. The molecule has 1 aliphatic rings. The van der Waals surface area contributed by atoms with Gasteiger partial charge in [-0.1, -0.05) is 0 Å². The van der Waals surface area contributed by atoms with Crippen molar-refractivity contribution in [3.8, 4) is 0 Å². The summed E-state index contributed by atoms with van der Waals surface area (Å²) in [5, 5.41) is -1.04. The second-order valence-corrected chi connectivity index (χ2v) is 6.93. The third-order valence-corrected chi connectivity index (χ3v) is 4.67. The lowest BCUT2D eigenvalue weighted by atomic mass is 10.3. The molecule has 10 heteroatoms. The van der Waals surface area contributed by atoms with Crippen molar-refractivity contribution in [3.63, 3.8) is 0 Å². The number of halogens is 1. The molecule has 0 bridgehead atoms. The summed E-state index contributed by atoms with van der Waals surface area (Å²) in [7, 11) is 2.55. The Hall–Kier alpha value is -1.74. The van der Waals surface area contributed by atoms with Crippen molar-refractivity contribution in [2.45, 2.75) is 11.7 Å². The molecular formula is C10H10ClN3O5S. The van der Waals surface area contributed by atoms with Gasteiger partial charge in [-0.2, -0.15) is 0 Å². The second kappa shape index (κ2) is 5.33. The highest BCUT2D eigenvalue weighted by molar-refractivity contribution is 8.14. The Morgan fingerprint density at radius 3 is 2.65 bits per heavy atom. The van der Waals surface area contributed by atoms with Gasteiger partial charge in [-0.25, -0.2) is 23.2 Å². The van der Waals surface area contributed by atoms with Gasteiger partial charge in [0.15, 0.2) is 11.5 Å². The quantitative estimate of drug-likeness (QED) is 0.567. The van der Waals surface area contributed by atoms with Gasteiger partial charge in [0.05, 0.1) is 7.11 Å². The summed E-state index contributed by atoms with van der Waals surface area (Å²) in [6, 6.07) is 0. The van der Waals surface area contributed by atoms with Crippen molar-refractivity contribution in [2.24, 2.45) is 0 Å². The maximum atomic E-state index is 11.9. The molecule has 108 valence electrons. The van der Waals surface area contributed by atoms with Crippen LogP contribution in [-0.4, -0.2) is 49.2 Å². The molecule has 0 spiro atoms. The van der Waals surface area contributed by atoms with Crippen LogP contribution in [-0.2, 0) is 18.6 Å². The minimum absolute atomic E-state index is 0.0350. The van der Waals surface area contributed by atoms with Crippen molar-refractivity contribution in [1.82, 2.24) is 9.97 Å². The predicted molar refractivity (Wildman–Crippen MR) is 68.9 cm³/mol. The zero-order valence-corrected chi connectivity index (χ0v) is 11.9. The Morgan fingerprint density at radius 2 is 2.10 bits per heavy atom. The molecule has 20 heavy (non-hydrogen) atoms. The van der Waals surface area contributed by atoms with E-state index in [0.717, 1.165) is 4.90 Å². The first-order valence-corrected chi connectivity index (χ1v) is 7.85. The van der Waals surface area contributed by atoms with Crippen molar-refractivity contribution in [1.29, 1.82) is 0 Å². The molecule has 1 amide bonds. The van der Waals surface area contributed by atoms with E-state index in [2.05, 4.69) is 14.7 Å². The first-order valence-electron chi connectivity index (χ1n) is 5.47. The number of anilines is 1. The molecule has 1 aliphatic heterocycles. The van der Waals surface area contributed by atoms with Gasteiger partial charge >= 0.3 is 5.97 Å². The normalized spacial score (nSPS) is 19.2. The number of methoxy groups -OCH3 is 1. The molecule has 0 aromatic carbocycles. The van der Waals surface area contributed by atoms with Gasteiger partial charge < -0.3 is 4.74 Å². The monoisotopic (exact) mass is 319 g/mol. The standard InChI is InChI=1S/C10H10ClN3O5S/c1-19-10(16)8-9(13-3-2-12-8)14-5-6(4-7(14)15)20(11,17)18/h2-3,6H,4-5H2,1H3. The van der Waals surface area contributed by atoms with Crippen molar-refractivity contribution >= 4 is 37.4 Å². The lowest BCUT2D eigenvalue weighted by Gasteiger charge is -2.16. The van der Waals surface area contributed by atoms with E-state index >= 15 is 0 Å². The highest BCUT2D eigenvalue weighted by Gasteiger charge is 2.40. The Morgan fingerprint density at radius 1 is 1.45 bits per heavy atom. The highest BCUT2D eigenvalue weighted by atomic mass is 35.7. The lowest BCUT2D eigenvalue weighted by molar-refractivity contribution is -0.117. The molecule has 0 saturated carbocycles. The van der Waals surface area contributed by atoms with Gasteiger partial charge in [0.25, 0.3) is 0 Å². The minimum atomic E-state index is -3.87. The average molecular weight is 320 g/mol. The molecule has 0 aliphatic carbocycles. The molecule has 0 N–H and O–H groups in total. The van der Waals surface area contributed by atoms with Crippen LogP contribution in [0.2, 0.25) is 0 Å². The van der Waals surface area contributed by atoms with E-state index in [-0.39, 0.29) is 24.5 Å². The molecule has 8 nitrogen and oxygen atoms in total. The van der Waals surface area contributed by atoms with E-state index in [9.17, 15) is 18.0 Å². The Labute approximate surface area is 119 Å². The first-order chi connectivity index (χ1) is 9.34. The maximum absolute atomic E-state index is 11.9. The predicted octanol–water partition coefficient (Wildman–Crippen LogP) is -0.0629. The summed E-state index contributed by atoms with van der Waals surface area (Å²) >= 11 is 0. The van der Waals surface area contributed by atoms with Crippen LogP contribution >= 0.6 is 10.7 Å². The van der Waals surface area contributed by atoms with Crippen molar-refractivity contribution < 1.29 is 22.7 Å². The molecule has 2 heterocycles. The molecule has 1 fully saturated rings. The summed E-state index contributed by atoms with van der Waals surface area (Å²) < 4.78 is 27.1. The third kappa shape index (κ3) is 2.73. The van der Waals surface area contributed by atoms with Crippen LogP contribution < -0.4 is 4.90 Å². The fourth-order valence-corrected chi connectivity index (χ4v) is 2.86. The maximum Gasteiger partial charge on any atom is 0.360 e. The van der Waals surface area contributed by atoms with Gasteiger partial charge in [-0.15, -0.1) is 0 Å². The van der Waals surface area contributed by atoms with Gasteiger partial charge in [-0.3, -0.25) is 9.69 Å². The average Bonchev–Trinajstić information content (AvgIpc) is 2.80. The third-order valence-electron chi connectivity index (χ3n) is 2.80. The summed E-state index contributed by atoms with van der Waals surface area (Å²) in [4.78, 5) is 32.2. The molecule has 1 aromatic rings. The van der Waals surface area contributed by atoms with E-state index in [1.807, 2.05) is 0 Å². The SMILES string of the molecule is COC(=O)c1nccnc1N1CC(S(=O)(=O)Cl)CC1=O. The summed E-state index contributed by atoms with van der Waals surface area (Å²) in [6.07, 6.45) is 2.30. The zero-order chi connectivity index (χ0) is 14.9. The Balaban J connectivity index is 2.38. The number of ether oxygens (including phenoxy) is 1. The number of rotatable bonds is 3. The zero-order valence-electron chi connectivity index (χ0n) is 10.3. The van der Waals surface area contributed by atoms with E-state index in [4.69, 9.17) is 10.7 Å². The Kier molecular flexibility index (Phi) is 3.91. The number of esters is 1. The number of aromatic nitrogens is 2. The largest absolute Gasteiger partial charge is 0.464 e. The first kappa shape index (κ1) is 14.7. The molecule has 1 saturated heterocycles. The second-order valence-electron chi connectivity index (χ2n) is 4.03. The molecule has 1 unspecified atom stereocenters. The van der Waals surface area contributed by atoms with E-state index in [0.29, 0.717) is 0 Å². The van der Waals surface area contributed by atoms with Crippen LogP contribution in [0.15, 0.2) is 12.4 Å². The molecule has 2 rings (SSSR count). The van der Waals surface area contributed by atoms with Crippen molar-refractivity contribution in [2.75, 3.05) is 18.6 Å². The van der Waals surface area contributed by atoms with Crippen LogP contribution in [0.4, 0.5) is 5.82 Å². The van der Waals surface area contributed by atoms with E-state index < -0.39 is 26.2 Å². The number of hydrogen-bond donors (Lipinski definition) is 0. The summed E-state index contributed by atoms with van der Waals surface area (Å²) in [5.41, 5.74) is -0.157. The Bertz CT molecular complexity index is 663. The van der Waals surface area contributed by atoms with Gasteiger partial charge in [0.2, 0.25) is 15.0 Å². The number of carbonyl (C=O) groups excluding carboxylic acids is 2. The van der Waals surface area contributed by atoms with E-state index in [1.54, 1.807) is 0 Å². The summed E-state index contributed by atoms with van der Waals surface area (Å²) in [6.45, 7) is -0.173. The molecule has 0 radical (unpaired) electrons. The molecule has 1 atom stereocenters. The highest BCUT2D eigenvalue weighted by Crippen LogP contribution is 2.27. The van der Waals surface area contributed by atoms with Gasteiger partial charge in [0.1, 0.15) is 5.25 Å². The number of carbonyl (C=O) groups is 2. The fraction of sp³-hybridized carbons (Fsp3) is 0.400. The van der Waals surface area contributed by atoms with Crippen molar-refractivity contribution in [3.05, 3.63) is 18.1 Å². The van der Waals surface area contributed by atoms with Crippen LogP contribution in [0.1, 0.15) is 16.9 Å². The molecular weight excluding hydrogens is 310 g/mol. The van der Waals surface area contributed by atoms with E-state index in [1.165, 1.54) is 19.5 Å². The number of nitrogens with zero attached hydrogens (tertiary/aromatic N) is 3. The minimum Gasteiger partial charge on any atom is -0.464 e. The lowest BCUT2D eigenvalue weighted by Crippen LogP contribution is -2.29. The summed E-state index contributed by atoms with van der Waals surface area (Å²) in [5.74, 6) is -1.30. The number of hydrogen-bond acceptors (Lipinski definition) is 7. The van der Waals surface area contributed by atoms with Gasteiger partial charge in [0, 0.05) is 36.0 Å². The topological polar surface area (TPSA) is 107 Å². The van der Waals surface area contributed by atoms with Crippen LogP contribution in [0, 0.1) is 0 Å². The molecule has 1 aromatic heterocycles. The van der Waals surface area contributed by atoms with Crippen LogP contribution in [0.25, 0.3) is 0 Å². The van der Waals surface area contributed by atoms with Crippen LogP contribution in [0.5, 0.6) is 0 Å². The van der Waals surface area contributed by atoms with Gasteiger partial charge in [-0.05, 0) is 0 Å². The van der Waals surface area contributed by atoms with Crippen LogP contribution in [0.3, 0.4) is 0 Å².